The summed E-state index contributed by atoms with van der Waals surface area (Å²) in [6.45, 7) is 1.16. The van der Waals surface area contributed by atoms with Gasteiger partial charge in [0.1, 0.15) is 28.7 Å². The molecule has 0 unspecified atom stereocenters. The first-order valence-corrected chi connectivity index (χ1v) is 12.4. The van der Waals surface area contributed by atoms with Crippen LogP contribution in [0.2, 0.25) is 10.0 Å². The summed E-state index contributed by atoms with van der Waals surface area (Å²) >= 11 is 12.3. The highest BCUT2D eigenvalue weighted by Crippen LogP contribution is 2.34. The third-order valence-electron chi connectivity index (χ3n) is 4.99. The van der Waals surface area contributed by atoms with Gasteiger partial charge < -0.3 is 19.5 Å². The van der Waals surface area contributed by atoms with Crippen molar-refractivity contribution in [3.05, 3.63) is 70.2 Å². The van der Waals surface area contributed by atoms with Gasteiger partial charge in [-0.2, -0.15) is 0 Å². The lowest BCUT2D eigenvalue weighted by Crippen LogP contribution is -2.38. The van der Waals surface area contributed by atoms with E-state index in [1.165, 1.54) is 45.6 Å². The van der Waals surface area contributed by atoms with E-state index in [0.717, 1.165) is 4.31 Å². The van der Waals surface area contributed by atoms with Crippen LogP contribution >= 0.6 is 23.2 Å². The van der Waals surface area contributed by atoms with Crippen LogP contribution in [0, 0.1) is 6.92 Å². The number of halogens is 2. The molecule has 0 aromatic heterocycles. The molecule has 0 heterocycles. The van der Waals surface area contributed by atoms with Crippen molar-refractivity contribution in [2.24, 2.45) is 0 Å². The molecule has 0 aliphatic carbocycles. The zero-order valence-corrected chi connectivity index (χ0v) is 21.8. The predicted molar refractivity (Wildman–Crippen MR) is 137 cm³/mol. The van der Waals surface area contributed by atoms with Crippen LogP contribution < -0.4 is 23.8 Å². The van der Waals surface area contributed by atoms with Crippen LogP contribution in [0.1, 0.15) is 5.56 Å². The maximum atomic E-state index is 13.8. The lowest BCUT2D eigenvalue weighted by Gasteiger charge is -2.25. The molecule has 1 N–H and O–H groups in total. The van der Waals surface area contributed by atoms with Crippen LogP contribution in [0.25, 0.3) is 0 Å². The molecule has 1 amide bonds. The van der Waals surface area contributed by atoms with Crippen LogP contribution in [0.5, 0.6) is 17.2 Å². The molecule has 0 atom stereocenters. The Morgan fingerprint density at radius 1 is 0.886 bits per heavy atom. The summed E-state index contributed by atoms with van der Waals surface area (Å²) in [5, 5.41) is 3.10. The molecule has 8 nitrogen and oxygen atoms in total. The van der Waals surface area contributed by atoms with E-state index < -0.39 is 22.5 Å². The van der Waals surface area contributed by atoms with Gasteiger partial charge in [0, 0.05) is 16.1 Å². The third-order valence-corrected chi connectivity index (χ3v) is 7.22. The van der Waals surface area contributed by atoms with Crippen molar-refractivity contribution in [3.63, 3.8) is 0 Å². The first-order chi connectivity index (χ1) is 16.6. The molecule has 0 spiro atoms. The average molecular weight is 539 g/mol. The van der Waals surface area contributed by atoms with E-state index in [1.54, 1.807) is 37.3 Å². The maximum Gasteiger partial charge on any atom is 0.268 e. The summed E-state index contributed by atoms with van der Waals surface area (Å²) in [5.41, 5.74) is 1.12. The number of carbonyl (C=O) groups excluding carboxylic acids is 1. The molecule has 186 valence electrons. The maximum absolute atomic E-state index is 13.8. The Morgan fingerprint density at radius 3 is 2.11 bits per heavy atom. The highest BCUT2D eigenvalue weighted by atomic mass is 35.5. The number of rotatable bonds is 9. The van der Waals surface area contributed by atoms with Crippen LogP contribution in [0.3, 0.4) is 0 Å². The van der Waals surface area contributed by atoms with Crippen LogP contribution in [-0.2, 0) is 14.8 Å². The van der Waals surface area contributed by atoms with Gasteiger partial charge >= 0.3 is 0 Å². The Hall–Kier alpha value is -3.14. The van der Waals surface area contributed by atoms with E-state index in [0.29, 0.717) is 22.7 Å². The number of nitrogens with one attached hydrogen (secondary N) is 1. The Labute approximate surface area is 214 Å². The number of benzene rings is 3. The summed E-state index contributed by atoms with van der Waals surface area (Å²) in [6.07, 6.45) is 0. The lowest BCUT2D eigenvalue weighted by atomic mass is 10.2. The number of methoxy groups -OCH3 is 3. The number of anilines is 2. The Balaban J connectivity index is 2.07. The van der Waals surface area contributed by atoms with E-state index in [2.05, 4.69) is 5.32 Å². The quantitative estimate of drug-likeness (QED) is 0.404. The molecule has 0 saturated heterocycles. The van der Waals surface area contributed by atoms with Gasteiger partial charge in [-0.15, -0.1) is 0 Å². The van der Waals surface area contributed by atoms with Crippen molar-refractivity contribution in [2.45, 2.75) is 11.8 Å². The van der Waals surface area contributed by atoms with Gasteiger partial charge in [-0.25, -0.2) is 8.42 Å². The van der Waals surface area contributed by atoms with Crippen LogP contribution in [-0.4, -0.2) is 42.2 Å². The van der Waals surface area contributed by atoms with Gasteiger partial charge in [-0.3, -0.25) is 9.10 Å². The van der Waals surface area contributed by atoms with Gasteiger partial charge in [0.25, 0.3) is 10.0 Å². The van der Waals surface area contributed by atoms with Crippen molar-refractivity contribution in [1.82, 2.24) is 0 Å². The van der Waals surface area contributed by atoms with Crippen LogP contribution in [0.15, 0.2) is 59.5 Å². The number of amides is 1. The number of ether oxygens (including phenoxy) is 3. The number of hydrogen-bond acceptors (Lipinski definition) is 6. The Morgan fingerprint density at radius 2 is 1.51 bits per heavy atom. The topological polar surface area (TPSA) is 94.2 Å². The molecule has 0 fully saturated rings. The minimum absolute atomic E-state index is 0.108. The minimum Gasteiger partial charge on any atom is -0.497 e. The zero-order valence-electron chi connectivity index (χ0n) is 19.5. The lowest BCUT2D eigenvalue weighted by molar-refractivity contribution is -0.114. The van der Waals surface area contributed by atoms with Gasteiger partial charge in [0.15, 0.2) is 0 Å². The first kappa shape index (κ1) is 26.5. The van der Waals surface area contributed by atoms with Crippen molar-refractivity contribution in [3.8, 4) is 17.2 Å². The van der Waals surface area contributed by atoms with E-state index in [-0.39, 0.29) is 26.4 Å². The second-order valence-electron chi connectivity index (χ2n) is 7.41. The zero-order chi connectivity index (χ0) is 25.8. The van der Waals surface area contributed by atoms with E-state index >= 15 is 0 Å². The van der Waals surface area contributed by atoms with Crippen molar-refractivity contribution >= 4 is 50.5 Å². The normalized spacial score (nSPS) is 11.0. The van der Waals surface area contributed by atoms with Gasteiger partial charge in [0.2, 0.25) is 5.91 Å². The average Bonchev–Trinajstić information content (AvgIpc) is 2.81. The highest BCUT2D eigenvalue weighted by molar-refractivity contribution is 7.93. The van der Waals surface area contributed by atoms with Crippen molar-refractivity contribution < 1.29 is 27.4 Å². The fraction of sp³-hybridized carbons (Fsp3) is 0.208. The number of sulfonamides is 1. The summed E-state index contributed by atoms with van der Waals surface area (Å²) in [5.74, 6) is 0.350. The summed E-state index contributed by atoms with van der Waals surface area (Å²) in [6, 6.07) is 13.9. The molecule has 0 radical (unpaired) electrons. The molecule has 35 heavy (non-hydrogen) atoms. The molecule has 0 aliphatic rings. The van der Waals surface area contributed by atoms with E-state index in [9.17, 15) is 13.2 Å². The first-order valence-electron chi connectivity index (χ1n) is 10.2. The number of nitrogens with zero attached hydrogens (tertiary/aromatic N) is 1. The molecule has 3 rings (SSSR count). The molecule has 3 aromatic carbocycles. The molecule has 0 bridgehead atoms. The molecule has 3 aromatic rings. The fourth-order valence-corrected chi connectivity index (χ4v) is 5.50. The SMILES string of the molecule is COc1ccc(OC)c(NC(=O)CN(c2cc(Cl)cc(Cl)c2)S(=O)(=O)c2cc(C)ccc2OC)c1. The molecule has 0 saturated carbocycles. The second-order valence-corrected chi connectivity index (χ2v) is 10.1. The van der Waals surface area contributed by atoms with Gasteiger partial charge in [0.05, 0.1) is 32.7 Å². The summed E-state index contributed by atoms with van der Waals surface area (Å²) < 4.78 is 44.4. The summed E-state index contributed by atoms with van der Waals surface area (Å²) in [4.78, 5) is 13.0. The second kappa shape index (κ2) is 11.1. The molecule has 0 aliphatic heterocycles. The Bertz CT molecular complexity index is 1330. The standard InChI is InChI=1S/C24H24Cl2N2O6S/c1-15-5-7-22(34-4)23(9-15)35(30,31)28(18-11-16(25)10-17(26)12-18)14-24(29)27-20-13-19(32-2)6-8-21(20)33-3/h5-13H,14H2,1-4H3,(H,27,29). The molecule has 11 heteroatoms. The molecular formula is C24H24Cl2N2O6S. The largest absolute Gasteiger partial charge is 0.497 e. The molecular weight excluding hydrogens is 515 g/mol. The summed E-state index contributed by atoms with van der Waals surface area (Å²) in [7, 11) is 0.00919. The number of aryl methyl sites for hydroxylation is 1. The van der Waals surface area contributed by atoms with Crippen molar-refractivity contribution in [1.29, 1.82) is 0 Å². The Kier molecular flexibility index (Phi) is 8.37. The minimum atomic E-state index is -4.29. The monoisotopic (exact) mass is 538 g/mol. The fourth-order valence-electron chi connectivity index (χ4n) is 3.33. The van der Waals surface area contributed by atoms with Crippen molar-refractivity contribution in [2.75, 3.05) is 37.5 Å². The van der Waals surface area contributed by atoms with E-state index in [4.69, 9.17) is 37.4 Å². The number of carbonyl (C=O) groups is 1. The van der Waals surface area contributed by atoms with Crippen LogP contribution in [0.4, 0.5) is 11.4 Å². The number of hydrogen-bond donors (Lipinski definition) is 1. The highest BCUT2D eigenvalue weighted by Gasteiger charge is 2.31. The van der Waals surface area contributed by atoms with Gasteiger partial charge in [-0.1, -0.05) is 29.3 Å². The smallest absolute Gasteiger partial charge is 0.268 e. The van der Waals surface area contributed by atoms with Gasteiger partial charge in [-0.05, 0) is 55.0 Å². The third kappa shape index (κ3) is 6.11. The predicted octanol–water partition coefficient (Wildman–Crippen LogP) is 5.16. The van der Waals surface area contributed by atoms with E-state index in [1.807, 2.05) is 0 Å².